The van der Waals surface area contributed by atoms with Crippen LogP contribution in [-0.4, -0.2) is 28.0 Å². The molecular formula is C21H22FN3. The smallest absolute Gasteiger partial charge is 0.212 e. The lowest BCUT2D eigenvalue weighted by atomic mass is 10.0. The molecule has 0 saturated heterocycles. The summed E-state index contributed by atoms with van der Waals surface area (Å²) >= 11 is 0. The molecule has 25 heavy (non-hydrogen) atoms. The van der Waals surface area contributed by atoms with E-state index in [0.717, 1.165) is 30.6 Å². The van der Waals surface area contributed by atoms with Crippen molar-refractivity contribution in [2.45, 2.75) is 26.8 Å². The largest absolute Gasteiger partial charge is 0.320 e. The summed E-state index contributed by atoms with van der Waals surface area (Å²) in [6.07, 6.45) is 4.79. The lowest BCUT2D eigenvalue weighted by molar-refractivity contribution is 0.312. The standard InChI is InChI=1S/C21H22FN3/c1-14-4-6-19-17(10-14)18-13-24(3)9-8-20(18)25(19)12-15(2)16-5-7-21(22)23-11-16/h4-7,10-12H,8-9,13H2,1-3H3. The molecule has 0 aliphatic carbocycles. The zero-order chi connectivity index (χ0) is 17.6. The van der Waals surface area contributed by atoms with Gasteiger partial charge in [-0.25, -0.2) is 4.98 Å². The third-order valence-electron chi connectivity index (χ3n) is 5.04. The van der Waals surface area contributed by atoms with Crippen LogP contribution >= 0.6 is 0 Å². The van der Waals surface area contributed by atoms with Gasteiger partial charge in [0.25, 0.3) is 0 Å². The highest BCUT2D eigenvalue weighted by atomic mass is 19.1. The van der Waals surface area contributed by atoms with Gasteiger partial charge in [-0.2, -0.15) is 4.39 Å². The molecule has 0 radical (unpaired) electrons. The average molecular weight is 335 g/mol. The lowest BCUT2D eigenvalue weighted by Gasteiger charge is -2.23. The number of allylic oxidation sites excluding steroid dienone is 1. The molecule has 4 heteroatoms. The number of likely N-dealkylation sites (N-methyl/N-ethyl adjacent to an activating group) is 1. The monoisotopic (exact) mass is 335 g/mol. The van der Waals surface area contributed by atoms with E-state index in [1.807, 2.05) is 0 Å². The molecule has 0 atom stereocenters. The molecule has 0 N–H and O–H groups in total. The van der Waals surface area contributed by atoms with Crippen LogP contribution in [0.2, 0.25) is 0 Å². The van der Waals surface area contributed by atoms with E-state index in [4.69, 9.17) is 0 Å². The van der Waals surface area contributed by atoms with Crippen molar-refractivity contribution in [2.24, 2.45) is 0 Å². The number of nitrogens with zero attached hydrogens (tertiary/aromatic N) is 3. The summed E-state index contributed by atoms with van der Waals surface area (Å²) in [5.41, 5.74) is 7.34. The van der Waals surface area contributed by atoms with Gasteiger partial charge in [0.05, 0.1) is 5.52 Å². The van der Waals surface area contributed by atoms with Crippen molar-refractivity contribution < 1.29 is 4.39 Å². The molecule has 4 rings (SSSR count). The molecule has 3 aromatic rings. The molecule has 0 unspecified atom stereocenters. The van der Waals surface area contributed by atoms with Crippen LogP contribution in [-0.2, 0) is 13.0 Å². The van der Waals surface area contributed by atoms with Gasteiger partial charge >= 0.3 is 0 Å². The van der Waals surface area contributed by atoms with Gasteiger partial charge in [-0.3, -0.25) is 0 Å². The van der Waals surface area contributed by atoms with E-state index >= 15 is 0 Å². The Hall–Kier alpha value is -2.46. The summed E-state index contributed by atoms with van der Waals surface area (Å²) in [6.45, 7) is 6.23. The zero-order valence-electron chi connectivity index (χ0n) is 14.9. The molecule has 2 aromatic heterocycles. The predicted molar refractivity (Wildman–Crippen MR) is 101 cm³/mol. The Labute approximate surface area is 147 Å². The second-order valence-electron chi connectivity index (χ2n) is 6.99. The fourth-order valence-electron chi connectivity index (χ4n) is 3.67. The van der Waals surface area contributed by atoms with Gasteiger partial charge in [-0.05, 0) is 61.9 Å². The van der Waals surface area contributed by atoms with Gasteiger partial charge in [-0.15, -0.1) is 0 Å². The molecule has 3 heterocycles. The molecule has 0 amide bonds. The van der Waals surface area contributed by atoms with Crippen molar-refractivity contribution in [3.63, 3.8) is 0 Å². The Morgan fingerprint density at radius 3 is 2.84 bits per heavy atom. The number of rotatable bonds is 2. The number of benzene rings is 1. The van der Waals surface area contributed by atoms with E-state index in [9.17, 15) is 4.39 Å². The highest BCUT2D eigenvalue weighted by Crippen LogP contribution is 2.32. The van der Waals surface area contributed by atoms with E-state index in [-0.39, 0.29) is 0 Å². The molecule has 128 valence electrons. The fraction of sp³-hybridized carbons (Fsp3) is 0.286. The van der Waals surface area contributed by atoms with Crippen molar-refractivity contribution in [3.8, 4) is 0 Å². The first-order valence-corrected chi connectivity index (χ1v) is 8.64. The minimum atomic E-state index is -0.446. The summed E-state index contributed by atoms with van der Waals surface area (Å²) in [5, 5.41) is 1.34. The lowest BCUT2D eigenvalue weighted by Crippen LogP contribution is -2.26. The quantitative estimate of drug-likeness (QED) is 0.643. The van der Waals surface area contributed by atoms with Gasteiger partial charge in [0.15, 0.2) is 0 Å². The maximum atomic E-state index is 13.1. The van der Waals surface area contributed by atoms with E-state index in [0.29, 0.717) is 0 Å². The van der Waals surface area contributed by atoms with Crippen molar-refractivity contribution in [1.29, 1.82) is 0 Å². The number of aryl methyl sites for hydroxylation is 1. The Morgan fingerprint density at radius 1 is 1.24 bits per heavy atom. The molecule has 1 aliphatic rings. The number of halogens is 1. The highest BCUT2D eigenvalue weighted by Gasteiger charge is 2.21. The summed E-state index contributed by atoms with van der Waals surface area (Å²) in [5.74, 6) is -0.446. The normalized spacial score (nSPS) is 15.6. The van der Waals surface area contributed by atoms with Crippen LogP contribution < -0.4 is 0 Å². The maximum absolute atomic E-state index is 13.1. The first-order chi connectivity index (χ1) is 12.0. The molecule has 0 fully saturated rings. The van der Waals surface area contributed by atoms with Crippen LogP contribution in [0.3, 0.4) is 0 Å². The minimum absolute atomic E-state index is 0.446. The topological polar surface area (TPSA) is 21.1 Å². The second kappa shape index (κ2) is 6.12. The number of hydrogen-bond acceptors (Lipinski definition) is 2. The van der Waals surface area contributed by atoms with Gasteiger partial charge in [0.2, 0.25) is 5.95 Å². The van der Waals surface area contributed by atoms with E-state index in [1.165, 1.54) is 33.8 Å². The number of fused-ring (bicyclic) bond motifs is 3. The van der Waals surface area contributed by atoms with Crippen LogP contribution in [0.1, 0.15) is 29.3 Å². The second-order valence-corrected chi connectivity index (χ2v) is 6.99. The van der Waals surface area contributed by atoms with Crippen LogP contribution in [0.25, 0.3) is 22.7 Å². The Morgan fingerprint density at radius 2 is 2.08 bits per heavy atom. The third-order valence-corrected chi connectivity index (χ3v) is 5.04. The molecule has 1 aromatic carbocycles. The first-order valence-electron chi connectivity index (χ1n) is 8.64. The maximum Gasteiger partial charge on any atom is 0.212 e. The number of pyridine rings is 1. The minimum Gasteiger partial charge on any atom is -0.320 e. The van der Waals surface area contributed by atoms with E-state index < -0.39 is 5.95 Å². The summed E-state index contributed by atoms with van der Waals surface area (Å²) < 4.78 is 15.4. The Balaban J connectivity index is 1.89. The van der Waals surface area contributed by atoms with Crippen LogP contribution in [0.4, 0.5) is 4.39 Å². The molecule has 1 aliphatic heterocycles. The van der Waals surface area contributed by atoms with Crippen LogP contribution in [0.5, 0.6) is 0 Å². The van der Waals surface area contributed by atoms with Crippen LogP contribution in [0.15, 0.2) is 36.5 Å². The van der Waals surface area contributed by atoms with Gasteiger partial charge in [-0.1, -0.05) is 11.6 Å². The third kappa shape index (κ3) is 2.87. The van der Waals surface area contributed by atoms with Crippen LogP contribution in [0, 0.1) is 12.9 Å². The van der Waals surface area contributed by atoms with E-state index in [2.05, 4.69) is 59.7 Å². The molecular weight excluding hydrogens is 313 g/mol. The van der Waals surface area contributed by atoms with Crippen molar-refractivity contribution in [3.05, 3.63) is 64.9 Å². The molecule has 0 bridgehead atoms. The zero-order valence-corrected chi connectivity index (χ0v) is 14.9. The molecule has 0 saturated carbocycles. The molecule has 3 nitrogen and oxygen atoms in total. The van der Waals surface area contributed by atoms with Gasteiger partial charge < -0.3 is 9.47 Å². The van der Waals surface area contributed by atoms with E-state index in [1.54, 1.807) is 12.3 Å². The summed E-state index contributed by atoms with van der Waals surface area (Å²) in [4.78, 5) is 6.15. The SMILES string of the molecule is CC(=Cn1c2c(c3cc(C)ccc31)CN(C)CC2)c1ccc(F)nc1. The fourth-order valence-corrected chi connectivity index (χ4v) is 3.67. The highest BCUT2D eigenvalue weighted by molar-refractivity contribution is 5.90. The van der Waals surface area contributed by atoms with Gasteiger partial charge in [0, 0.05) is 43.0 Å². The Kier molecular flexibility index (Phi) is 3.92. The average Bonchev–Trinajstić information content (AvgIpc) is 2.88. The van der Waals surface area contributed by atoms with Crippen molar-refractivity contribution in [1.82, 2.24) is 14.5 Å². The number of hydrogen-bond donors (Lipinski definition) is 0. The number of aromatic nitrogens is 2. The van der Waals surface area contributed by atoms with Crippen molar-refractivity contribution >= 4 is 22.7 Å². The summed E-state index contributed by atoms with van der Waals surface area (Å²) in [7, 11) is 2.17. The Bertz CT molecular complexity index is 967. The molecule has 0 spiro atoms. The van der Waals surface area contributed by atoms with Crippen molar-refractivity contribution in [2.75, 3.05) is 13.6 Å². The first kappa shape index (κ1) is 16.0. The predicted octanol–water partition coefficient (Wildman–Crippen LogP) is 4.49. The van der Waals surface area contributed by atoms with Gasteiger partial charge in [0.1, 0.15) is 0 Å². The summed E-state index contributed by atoms with van der Waals surface area (Å²) in [6, 6.07) is 9.84.